The summed E-state index contributed by atoms with van der Waals surface area (Å²) in [7, 11) is 0. The van der Waals surface area contributed by atoms with Crippen LogP contribution in [0.2, 0.25) is 0 Å². The summed E-state index contributed by atoms with van der Waals surface area (Å²) in [4.78, 5) is 12.1. The minimum atomic E-state index is -0.244. The first kappa shape index (κ1) is 14.8. The molecule has 0 aliphatic carbocycles. The van der Waals surface area contributed by atoms with Crippen molar-refractivity contribution in [3.05, 3.63) is 27.3 Å². The lowest BCUT2D eigenvalue weighted by molar-refractivity contribution is 0.0950. The number of carbonyl (C=O) groups is 1. The van der Waals surface area contributed by atoms with E-state index in [-0.39, 0.29) is 16.5 Å². The number of hydrogen-bond donors (Lipinski definition) is 2. The Morgan fingerprint density at radius 2 is 2.18 bits per heavy atom. The van der Waals surface area contributed by atoms with Crippen LogP contribution in [0, 0.1) is 9.49 Å². The van der Waals surface area contributed by atoms with Crippen molar-refractivity contribution in [2.45, 2.75) is 18.7 Å². The molecule has 0 saturated heterocycles. The Kier molecular flexibility index (Phi) is 5.72. The minimum Gasteiger partial charge on any atom is -0.507 e. The first-order valence-electron chi connectivity index (χ1n) is 5.32. The molecule has 0 fully saturated rings. The van der Waals surface area contributed by atoms with Gasteiger partial charge in [-0.15, -0.1) is 0 Å². The molecule has 5 heteroatoms. The lowest BCUT2D eigenvalue weighted by atomic mass is 10.1. The van der Waals surface area contributed by atoms with Gasteiger partial charge in [0.05, 0.1) is 5.56 Å². The summed E-state index contributed by atoms with van der Waals surface area (Å²) in [5, 5.41) is 12.4. The maximum atomic E-state index is 11.8. The van der Waals surface area contributed by atoms with Gasteiger partial charge in [0.1, 0.15) is 5.75 Å². The molecule has 0 radical (unpaired) electrons. The Morgan fingerprint density at radius 3 is 2.76 bits per heavy atom. The number of phenolic OH excluding ortho intramolecular Hbond substituents is 1. The van der Waals surface area contributed by atoms with E-state index in [0.29, 0.717) is 18.0 Å². The minimum absolute atomic E-state index is 0.0126. The summed E-state index contributed by atoms with van der Waals surface area (Å²) in [6.45, 7) is 4.70. The maximum Gasteiger partial charge on any atom is 0.255 e. The van der Waals surface area contributed by atoms with E-state index in [4.69, 9.17) is 0 Å². The second-order valence-electron chi connectivity index (χ2n) is 4.13. The predicted molar refractivity (Wildman–Crippen MR) is 80.7 cm³/mol. The van der Waals surface area contributed by atoms with Gasteiger partial charge in [-0.2, -0.15) is 0 Å². The standard InChI is InChI=1S/C12H15BrINO2/c1-7(2)10(13)6-15-12(17)9-5-8(14)3-4-11(9)16/h3-5,7,10,16H,6H2,1-2H3,(H,15,17). The summed E-state index contributed by atoms with van der Waals surface area (Å²) in [5.74, 6) is 0.213. The Bertz CT molecular complexity index is 409. The number of carbonyl (C=O) groups excluding carboxylic acids is 1. The van der Waals surface area contributed by atoms with Crippen LogP contribution in [-0.4, -0.2) is 22.4 Å². The van der Waals surface area contributed by atoms with E-state index in [1.807, 2.05) is 0 Å². The molecule has 0 saturated carbocycles. The van der Waals surface area contributed by atoms with E-state index in [9.17, 15) is 9.90 Å². The van der Waals surface area contributed by atoms with Gasteiger partial charge in [-0.05, 0) is 46.7 Å². The number of phenols is 1. The fourth-order valence-electron chi connectivity index (χ4n) is 1.21. The van der Waals surface area contributed by atoms with Gasteiger partial charge in [0.2, 0.25) is 0 Å². The molecule has 1 atom stereocenters. The molecule has 1 rings (SSSR count). The summed E-state index contributed by atoms with van der Waals surface area (Å²) in [5.41, 5.74) is 0.320. The van der Waals surface area contributed by atoms with Gasteiger partial charge in [-0.3, -0.25) is 4.79 Å². The van der Waals surface area contributed by atoms with Gasteiger partial charge < -0.3 is 10.4 Å². The van der Waals surface area contributed by atoms with Gasteiger partial charge in [-0.25, -0.2) is 0 Å². The van der Waals surface area contributed by atoms with E-state index in [1.54, 1.807) is 12.1 Å². The normalized spacial score (nSPS) is 12.5. The van der Waals surface area contributed by atoms with Crippen LogP contribution in [0.3, 0.4) is 0 Å². The molecule has 0 aliphatic rings. The number of hydrogen-bond acceptors (Lipinski definition) is 2. The average Bonchev–Trinajstić information content (AvgIpc) is 2.28. The van der Waals surface area contributed by atoms with Crippen LogP contribution in [0.25, 0.3) is 0 Å². The molecule has 0 aromatic heterocycles. The molecule has 0 spiro atoms. The molecule has 17 heavy (non-hydrogen) atoms. The van der Waals surface area contributed by atoms with Crippen LogP contribution in [0.5, 0.6) is 5.75 Å². The zero-order chi connectivity index (χ0) is 13.0. The van der Waals surface area contributed by atoms with E-state index in [1.165, 1.54) is 6.07 Å². The van der Waals surface area contributed by atoms with Crippen molar-refractivity contribution in [3.63, 3.8) is 0 Å². The second kappa shape index (κ2) is 6.58. The number of nitrogens with one attached hydrogen (secondary N) is 1. The number of rotatable bonds is 4. The van der Waals surface area contributed by atoms with Crippen LogP contribution < -0.4 is 5.32 Å². The van der Waals surface area contributed by atoms with Crippen molar-refractivity contribution < 1.29 is 9.90 Å². The van der Waals surface area contributed by atoms with Gasteiger partial charge in [0.15, 0.2) is 0 Å². The van der Waals surface area contributed by atoms with Gasteiger partial charge in [0.25, 0.3) is 5.91 Å². The number of aromatic hydroxyl groups is 1. The van der Waals surface area contributed by atoms with Crippen molar-refractivity contribution in [1.29, 1.82) is 0 Å². The number of benzene rings is 1. The number of amides is 1. The molecule has 1 unspecified atom stereocenters. The van der Waals surface area contributed by atoms with E-state index < -0.39 is 0 Å². The molecule has 3 nitrogen and oxygen atoms in total. The third kappa shape index (κ3) is 4.46. The van der Waals surface area contributed by atoms with Crippen LogP contribution in [0.15, 0.2) is 18.2 Å². The molecule has 1 amide bonds. The molecule has 0 aliphatic heterocycles. The Labute approximate surface area is 123 Å². The van der Waals surface area contributed by atoms with Gasteiger partial charge in [0, 0.05) is 14.9 Å². The van der Waals surface area contributed by atoms with Crippen LogP contribution in [0.1, 0.15) is 24.2 Å². The average molecular weight is 412 g/mol. The van der Waals surface area contributed by atoms with Crippen molar-refractivity contribution in [1.82, 2.24) is 5.32 Å². The topological polar surface area (TPSA) is 49.3 Å². The van der Waals surface area contributed by atoms with Crippen LogP contribution in [0.4, 0.5) is 0 Å². The van der Waals surface area contributed by atoms with E-state index in [2.05, 4.69) is 57.7 Å². The third-order valence-electron chi connectivity index (χ3n) is 2.38. The second-order valence-corrected chi connectivity index (χ2v) is 6.55. The Morgan fingerprint density at radius 1 is 1.53 bits per heavy atom. The van der Waals surface area contributed by atoms with E-state index >= 15 is 0 Å². The first-order chi connectivity index (χ1) is 7.91. The first-order valence-corrected chi connectivity index (χ1v) is 7.32. The molecule has 0 bridgehead atoms. The third-order valence-corrected chi connectivity index (χ3v) is 4.44. The molecule has 1 aromatic carbocycles. The summed E-state index contributed by atoms with van der Waals surface area (Å²) in [6, 6.07) is 4.96. The SMILES string of the molecule is CC(C)C(Br)CNC(=O)c1cc(I)ccc1O. The predicted octanol–water partition coefficient (Wildman–Crippen LogP) is 3.15. The largest absolute Gasteiger partial charge is 0.507 e. The number of halogens is 2. The summed E-state index contributed by atoms with van der Waals surface area (Å²) < 4.78 is 0.921. The fourth-order valence-corrected chi connectivity index (χ4v) is 1.86. The van der Waals surface area contributed by atoms with Gasteiger partial charge in [-0.1, -0.05) is 29.8 Å². The molecule has 2 N–H and O–H groups in total. The van der Waals surface area contributed by atoms with Crippen molar-refractivity contribution in [2.75, 3.05) is 6.54 Å². The van der Waals surface area contributed by atoms with E-state index in [0.717, 1.165) is 3.57 Å². The van der Waals surface area contributed by atoms with Crippen molar-refractivity contribution in [3.8, 4) is 5.75 Å². The van der Waals surface area contributed by atoms with Crippen molar-refractivity contribution >= 4 is 44.4 Å². The molecular formula is C12H15BrINO2. The number of alkyl halides is 1. The van der Waals surface area contributed by atoms with Gasteiger partial charge >= 0.3 is 0 Å². The maximum absolute atomic E-state index is 11.8. The molecule has 1 aromatic rings. The lowest BCUT2D eigenvalue weighted by Crippen LogP contribution is -2.31. The monoisotopic (exact) mass is 411 g/mol. The molecule has 94 valence electrons. The Hall–Kier alpha value is -0.300. The summed E-state index contributed by atoms with van der Waals surface area (Å²) in [6.07, 6.45) is 0. The highest BCUT2D eigenvalue weighted by Gasteiger charge is 2.14. The van der Waals surface area contributed by atoms with Crippen LogP contribution >= 0.6 is 38.5 Å². The van der Waals surface area contributed by atoms with Crippen molar-refractivity contribution in [2.24, 2.45) is 5.92 Å². The highest BCUT2D eigenvalue weighted by Crippen LogP contribution is 2.19. The highest BCUT2D eigenvalue weighted by atomic mass is 127. The zero-order valence-electron chi connectivity index (χ0n) is 9.71. The lowest BCUT2D eigenvalue weighted by Gasteiger charge is -2.14. The highest BCUT2D eigenvalue weighted by molar-refractivity contribution is 14.1. The smallest absolute Gasteiger partial charge is 0.255 e. The Balaban J connectivity index is 2.67. The fraction of sp³-hybridized carbons (Fsp3) is 0.417. The summed E-state index contributed by atoms with van der Waals surface area (Å²) >= 11 is 5.61. The zero-order valence-corrected chi connectivity index (χ0v) is 13.4. The molecule has 0 heterocycles. The quantitative estimate of drug-likeness (QED) is 0.590. The van der Waals surface area contributed by atoms with Crippen LogP contribution in [-0.2, 0) is 0 Å². The molecular weight excluding hydrogens is 397 g/mol.